The Morgan fingerprint density at radius 2 is 2.14 bits per heavy atom. The molecule has 0 fully saturated rings. The molecule has 0 unspecified atom stereocenters. The summed E-state index contributed by atoms with van der Waals surface area (Å²) in [6.45, 7) is 3.13. The summed E-state index contributed by atoms with van der Waals surface area (Å²) in [6.07, 6.45) is 3.75. The first-order valence-corrected chi connectivity index (χ1v) is 2.85. The van der Waals surface area contributed by atoms with Gasteiger partial charge in [-0.1, -0.05) is 19.8 Å². The smallest absolute Gasteiger partial charge is 0.177 e. The lowest BCUT2D eigenvalue weighted by atomic mass is 10.2. The van der Waals surface area contributed by atoms with Gasteiger partial charge in [0.05, 0.1) is 0 Å². The highest BCUT2D eigenvalue weighted by atomic mass is 14.7. The van der Waals surface area contributed by atoms with E-state index in [9.17, 15) is 0 Å². The van der Waals surface area contributed by atoms with Crippen molar-refractivity contribution in [3.05, 3.63) is 0 Å². The largest absolute Gasteiger partial charge is 0.366 e. The molecule has 0 aromatic rings. The predicted molar refractivity (Wildman–Crippen MR) is 33.3 cm³/mol. The Morgan fingerprint density at radius 3 is 2.57 bits per heavy atom. The zero-order chi connectivity index (χ0) is 5.54. The number of rotatable bonds is 4. The highest BCUT2D eigenvalue weighted by molar-refractivity contribution is 6.04. The summed E-state index contributed by atoms with van der Waals surface area (Å²) in [4.78, 5) is 0. The van der Waals surface area contributed by atoms with Gasteiger partial charge in [0.2, 0.25) is 0 Å². The topological polar surface area (TPSA) is 12.0 Å². The standard InChI is InChI=1S/C5H12BN/c1-2-3-4-5-7-6/h7H,2-5H2,1H3. The molecule has 0 amide bonds. The van der Waals surface area contributed by atoms with Crippen LogP contribution in [0.3, 0.4) is 0 Å². The monoisotopic (exact) mass is 97.1 g/mol. The van der Waals surface area contributed by atoms with Gasteiger partial charge in [-0.05, 0) is 13.0 Å². The number of hydrogen-bond acceptors (Lipinski definition) is 1. The average molecular weight is 97.0 g/mol. The number of nitrogens with one attached hydrogen (secondary N) is 1. The molecule has 0 aliphatic heterocycles. The molecule has 0 saturated carbocycles. The SMILES string of the molecule is [B]NCCCCC. The van der Waals surface area contributed by atoms with Crippen molar-refractivity contribution in [1.82, 2.24) is 5.23 Å². The maximum Gasteiger partial charge on any atom is 0.177 e. The molecule has 40 valence electrons. The Hall–Kier alpha value is 0.0249. The lowest BCUT2D eigenvalue weighted by Gasteiger charge is -1.93. The van der Waals surface area contributed by atoms with Gasteiger partial charge in [-0.25, -0.2) is 0 Å². The Bertz CT molecular complexity index is 27.3. The van der Waals surface area contributed by atoms with Crippen LogP contribution in [0.5, 0.6) is 0 Å². The average Bonchev–Trinajstić information content (AvgIpc) is 1.69. The molecule has 2 radical (unpaired) electrons. The maximum absolute atomic E-state index is 5.02. The Kier molecular flexibility index (Phi) is 6.05. The fourth-order valence-corrected chi connectivity index (χ4v) is 0.477. The van der Waals surface area contributed by atoms with Crippen molar-refractivity contribution in [2.75, 3.05) is 6.54 Å². The van der Waals surface area contributed by atoms with Gasteiger partial charge >= 0.3 is 0 Å². The summed E-state index contributed by atoms with van der Waals surface area (Å²) >= 11 is 0. The molecule has 1 N–H and O–H groups in total. The third-order valence-corrected chi connectivity index (χ3v) is 0.925. The molecule has 0 heterocycles. The van der Waals surface area contributed by atoms with Gasteiger partial charge in [0.15, 0.2) is 7.98 Å². The molecule has 0 aliphatic carbocycles. The van der Waals surface area contributed by atoms with Gasteiger partial charge in [0.25, 0.3) is 0 Å². The van der Waals surface area contributed by atoms with Crippen LogP contribution in [0, 0.1) is 0 Å². The Morgan fingerprint density at radius 1 is 1.43 bits per heavy atom. The van der Waals surface area contributed by atoms with E-state index in [2.05, 4.69) is 12.2 Å². The van der Waals surface area contributed by atoms with Crippen LogP contribution in [-0.2, 0) is 0 Å². The van der Waals surface area contributed by atoms with E-state index in [4.69, 9.17) is 7.98 Å². The normalized spacial score (nSPS) is 9.29. The summed E-state index contributed by atoms with van der Waals surface area (Å²) in [7, 11) is 5.02. The molecule has 2 heteroatoms. The second-order valence-electron chi connectivity index (χ2n) is 1.66. The van der Waals surface area contributed by atoms with Crippen molar-refractivity contribution >= 4 is 7.98 Å². The van der Waals surface area contributed by atoms with Crippen molar-refractivity contribution in [3.63, 3.8) is 0 Å². The van der Waals surface area contributed by atoms with Crippen molar-refractivity contribution in [3.8, 4) is 0 Å². The van der Waals surface area contributed by atoms with E-state index in [1.807, 2.05) is 0 Å². The van der Waals surface area contributed by atoms with E-state index in [1.54, 1.807) is 0 Å². The molecule has 0 aromatic carbocycles. The lowest BCUT2D eigenvalue weighted by Crippen LogP contribution is -2.08. The van der Waals surface area contributed by atoms with Crippen LogP contribution in [0.25, 0.3) is 0 Å². The fourth-order valence-electron chi connectivity index (χ4n) is 0.477. The van der Waals surface area contributed by atoms with Crippen molar-refractivity contribution in [2.45, 2.75) is 26.2 Å². The summed E-state index contributed by atoms with van der Waals surface area (Å²) < 4.78 is 0. The summed E-state index contributed by atoms with van der Waals surface area (Å²) in [5.74, 6) is 0. The van der Waals surface area contributed by atoms with Gasteiger partial charge in [-0.3, -0.25) is 0 Å². The fraction of sp³-hybridized carbons (Fsp3) is 1.00. The third-order valence-electron chi connectivity index (χ3n) is 0.925. The van der Waals surface area contributed by atoms with Gasteiger partial charge in [-0.15, -0.1) is 0 Å². The zero-order valence-electron chi connectivity index (χ0n) is 4.91. The first kappa shape index (κ1) is 7.02. The van der Waals surface area contributed by atoms with Gasteiger partial charge in [-0.2, -0.15) is 0 Å². The molecule has 7 heavy (non-hydrogen) atoms. The number of hydrogen-bond donors (Lipinski definition) is 1. The third kappa shape index (κ3) is 6.02. The zero-order valence-corrected chi connectivity index (χ0v) is 4.91. The minimum atomic E-state index is 0.952. The van der Waals surface area contributed by atoms with E-state index >= 15 is 0 Å². The van der Waals surface area contributed by atoms with Crippen LogP contribution in [0.4, 0.5) is 0 Å². The molecule has 0 aliphatic rings. The molecule has 1 nitrogen and oxygen atoms in total. The minimum Gasteiger partial charge on any atom is -0.366 e. The Labute approximate surface area is 46.9 Å². The van der Waals surface area contributed by atoms with E-state index in [0.717, 1.165) is 6.54 Å². The first-order chi connectivity index (χ1) is 3.41. The van der Waals surface area contributed by atoms with Crippen LogP contribution in [0.15, 0.2) is 0 Å². The van der Waals surface area contributed by atoms with Gasteiger partial charge in [0.1, 0.15) is 0 Å². The van der Waals surface area contributed by atoms with Crippen molar-refractivity contribution in [2.24, 2.45) is 0 Å². The first-order valence-electron chi connectivity index (χ1n) is 2.85. The van der Waals surface area contributed by atoms with E-state index < -0.39 is 0 Å². The second-order valence-corrected chi connectivity index (χ2v) is 1.66. The number of unbranched alkanes of at least 4 members (excludes halogenated alkanes) is 2. The lowest BCUT2D eigenvalue weighted by molar-refractivity contribution is 0.705. The predicted octanol–water partition coefficient (Wildman–Crippen LogP) is 0.850. The summed E-state index contributed by atoms with van der Waals surface area (Å²) in [5.41, 5.74) is 0. The Balaban J connectivity index is 2.45. The quantitative estimate of drug-likeness (QED) is 0.405. The van der Waals surface area contributed by atoms with Crippen LogP contribution in [0.2, 0.25) is 0 Å². The summed E-state index contributed by atoms with van der Waals surface area (Å²) in [6, 6.07) is 0. The van der Waals surface area contributed by atoms with E-state index in [1.165, 1.54) is 19.3 Å². The molecule has 0 atom stereocenters. The van der Waals surface area contributed by atoms with Gasteiger partial charge < -0.3 is 5.23 Å². The van der Waals surface area contributed by atoms with Crippen LogP contribution < -0.4 is 5.23 Å². The molecular formula is C5H12BN. The molecule has 0 aromatic heterocycles. The summed E-state index contributed by atoms with van der Waals surface area (Å²) in [5, 5.41) is 2.60. The van der Waals surface area contributed by atoms with Crippen LogP contribution in [0.1, 0.15) is 26.2 Å². The highest BCUT2D eigenvalue weighted by Crippen LogP contribution is 1.89. The van der Waals surface area contributed by atoms with E-state index in [0.29, 0.717) is 0 Å². The van der Waals surface area contributed by atoms with E-state index in [-0.39, 0.29) is 0 Å². The molecule has 0 bridgehead atoms. The molecule has 0 saturated heterocycles. The van der Waals surface area contributed by atoms with Crippen molar-refractivity contribution < 1.29 is 0 Å². The molecule has 0 rings (SSSR count). The molecular weight excluding hydrogens is 84.9 g/mol. The van der Waals surface area contributed by atoms with Crippen LogP contribution in [-0.4, -0.2) is 14.5 Å². The second kappa shape index (κ2) is 6.02. The van der Waals surface area contributed by atoms with Gasteiger partial charge in [0, 0.05) is 0 Å². The minimum absolute atomic E-state index is 0.952. The van der Waals surface area contributed by atoms with Crippen LogP contribution >= 0.6 is 0 Å². The maximum atomic E-state index is 5.02. The molecule has 0 spiro atoms. The highest BCUT2D eigenvalue weighted by Gasteiger charge is 1.78. The van der Waals surface area contributed by atoms with Crippen molar-refractivity contribution in [1.29, 1.82) is 0 Å².